The molecular formula is C22H16F4N2O4S. The Bertz CT molecular complexity index is 1280. The normalized spacial score (nSPS) is 12.0. The highest BCUT2D eigenvalue weighted by Crippen LogP contribution is 2.32. The van der Waals surface area contributed by atoms with E-state index in [1.165, 1.54) is 42.5 Å². The molecule has 0 saturated heterocycles. The fourth-order valence-electron chi connectivity index (χ4n) is 2.75. The van der Waals surface area contributed by atoms with Gasteiger partial charge in [0.1, 0.15) is 16.5 Å². The monoisotopic (exact) mass is 480 g/mol. The number of amides is 1. The van der Waals surface area contributed by atoms with E-state index in [1.54, 1.807) is 6.07 Å². The van der Waals surface area contributed by atoms with Gasteiger partial charge in [0.2, 0.25) is 5.91 Å². The number of alkyl halides is 3. The van der Waals surface area contributed by atoms with Gasteiger partial charge >= 0.3 is 16.3 Å². The number of para-hydroxylation sites is 1. The molecular weight excluding hydrogens is 464 g/mol. The van der Waals surface area contributed by atoms with Crippen LogP contribution in [0, 0.1) is 5.82 Å². The summed E-state index contributed by atoms with van der Waals surface area (Å²) in [6.07, 6.45) is -4.23. The van der Waals surface area contributed by atoms with E-state index < -0.39 is 44.0 Å². The Morgan fingerprint density at radius 3 is 2.39 bits per heavy atom. The molecule has 0 aliphatic heterocycles. The van der Waals surface area contributed by atoms with Crippen molar-refractivity contribution in [2.75, 3.05) is 0 Å². The van der Waals surface area contributed by atoms with Crippen molar-refractivity contribution in [1.29, 1.82) is 0 Å². The second kappa shape index (κ2) is 9.82. The van der Waals surface area contributed by atoms with Gasteiger partial charge in [-0.2, -0.15) is 26.7 Å². The van der Waals surface area contributed by atoms with Gasteiger partial charge in [-0.25, -0.2) is 9.82 Å². The smallest absolute Gasteiger partial charge is 0.379 e. The number of nitrogens with one attached hydrogen (secondary N) is 1. The van der Waals surface area contributed by atoms with Crippen LogP contribution in [0.5, 0.6) is 5.75 Å². The summed E-state index contributed by atoms with van der Waals surface area (Å²) in [7, 11) is -4.52. The first kappa shape index (κ1) is 23.9. The first-order valence-corrected chi connectivity index (χ1v) is 10.7. The Balaban J connectivity index is 1.86. The number of hydrogen-bond donors (Lipinski definition) is 1. The fraction of sp³-hybridized carbons (Fsp3) is 0.0909. The number of nitrogens with zero attached hydrogens (tertiary/aromatic N) is 1. The van der Waals surface area contributed by atoms with Crippen LogP contribution in [-0.4, -0.2) is 20.5 Å². The Morgan fingerprint density at radius 1 is 1.00 bits per heavy atom. The number of hydrogen-bond acceptors (Lipinski definition) is 5. The van der Waals surface area contributed by atoms with Gasteiger partial charge in [0.15, 0.2) is 0 Å². The summed E-state index contributed by atoms with van der Waals surface area (Å²) in [5.74, 6) is -1.27. The predicted octanol–water partition coefficient (Wildman–Crippen LogP) is 4.31. The maximum Gasteiger partial charge on any atom is 0.416 e. The maximum absolute atomic E-state index is 13.2. The van der Waals surface area contributed by atoms with Gasteiger partial charge in [-0.1, -0.05) is 30.3 Å². The number of carbonyl (C=O) groups excluding carboxylic acids is 1. The van der Waals surface area contributed by atoms with Gasteiger partial charge in [0, 0.05) is 5.56 Å². The summed E-state index contributed by atoms with van der Waals surface area (Å²) in [5.41, 5.74) is 0.856. The lowest BCUT2D eigenvalue weighted by molar-refractivity contribution is -0.137. The Hall–Kier alpha value is -3.73. The van der Waals surface area contributed by atoms with Crippen molar-refractivity contribution >= 4 is 22.2 Å². The largest absolute Gasteiger partial charge is 0.416 e. The maximum atomic E-state index is 13.2. The van der Waals surface area contributed by atoms with Crippen LogP contribution in [0.1, 0.15) is 16.7 Å². The van der Waals surface area contributed by atoms with E-state index in [1.807, 2.05) is 0 Å². The van der Waals surface area contributed by atoms with Crippen molar-refractivity contribution in [2.45, 2.75) is 17.5 Å². The molecule has 0 aromatic heterocycles. The molecule has 3 aromatic carbocycles. The average Bonchev–Trinajstić information content (AvgIpc) is 2.73. The third-order valence-electron chi connectivity index (χ3n) is 4.20. The van der Waals surface area contributed by atoms with Crippen LogP contribution in [0.15, 0.2) is 82.8 Å². The van der Waals surface area contributed by atoms with Crippen molar-refractivity contribution < 1.29 is 35.0 Å². The van der Waals surface area contributed by atoms with Gasteiger partial charge < -0.3 is 4.18 Å². The third-order valence-corrected chi connectivity index (χ3v) is 5.52. The molecule has 0 aliphatic carbocycles. The molecule has 1 N–H and O–H groups in total. The second-order valence-electron chi connectivity index (χ2n) is 6.70. The number of benzene rings is 3. The van der Waals surface area contributed by atoms with E-state index in [4.69, 9.17) is 4.18 Å². The van der Waals surface area contributed by atoms with Crippen LogP contribution in [0.2, 0.25) is 0 Å². The molecule has 0 fully saturated rings. The molecule has 33 heavy (non-hydrogen) atoms. The molecule has 6 nitrogen and oxygen atoms in total. The van der Waals surface area contributed by atoms with Gasteiger partial charge in [0.25, 0.3) is 0 Å². The lowest BCUT2D eigenvalue weighted by atomic mass is 10.1. The Labute approximate surface area is 186 Å². The van der Waals surface area contributed by atoms with E-state index in [-0.39, 0.29) is 12.2 Å². The highest BCUT2D eigenvalue weighted by atomic mass is 32.2. The van der Waals surface area contributed by atoms with E-state index in [9.17, 15) is 30.8 Å². The highest BCUT2D eigenvalue weighted by Gasteiger charge is 2.32. The van der Waals surface area contributed by atoms with Crippen molar-refractivity contribution in [3.63, 3.8) is 0 Å². The minimum Gasteiger partial charge on any atom is -0.379 e. The lowest BCUT2D eigenvalue weighted by Gasteiger charge is -2.12. The van der Waals surface area contributed by atoms with Crippen LogP contribution in [0.4, 0.5) is 17.6 Å². The van der Waals surface area contributed by atoms with Crippen LogP contribution in [0.25, 0.3) is 0 Å². The van der Waals surface area contributed by atoms with Gasteiger partial charge in [-0.05, 0) is 48.0 Å². The minimum absolute atomic E-state index is 0.0383. The molecule has 0 atom stereocenters. The van der Waals surface area contributed by atoms with Gasteiger partial charge in [-0.3, -0.25) is 4.79 Å². The SMILES string of the molecule is O=C(Cc1cccc(F)c1)N/N=C/c1cc(C(F)(F)F)ccc1S(=O)(=O)Oc1ccccc1. The second-order valence-corrected chi connectivity index (χ2v) is 8.22. The first-order chi connectivity index (χ1) is 15.5. The predicted molar refractivity (Wildman–Crippen MR) is 112 cm³/mol. The molecule has 0 heterocycles. The molecule has 172 valence electrons. The molecule has 0 aliphatic rings. The summed E-state index contributed by atoms with van der Waals surface area (Å²) in [4.78, 5) is 11.4. The zero-order chi connectivity index (χ0) is 24.1. The molecule has 0 radical (unpaired) electrons. The highest BCUT2D eigenvalue weighted by molar-refractivity contribution is 7.87. The average molecular weight is 480 g/mol. The zero-order valence-corrected chi connectivity index (χ0v) is 17.5. The molecule has 0 saturated carbocycles. The number of halogens is 4. The van der Waals surface area contributed by atoms with Crippen molar-refractivity contribution in [3.05, 3.63) is 95.3 Å². The molecule has 0 unspecified atom stereocenters. The van der Waals surface area contributed by atoms with Gasteiger partial charge in [0.05, 0.1) is 18.2 Å². The number of rotatable bonds is 7. The van der Waals surface area contributed by atoms with Crippen LogP contribution in [-0.2, 0) is 27.5 Å². The summed E-state index contributed by atoms with van der Waals surface area (Å²) < 4.78 is 83.0. The van der Waals surface area contributed by atoms with Crippen LogP contribution in [0.3, 0.4) is 0 Å². The summed E-state index contributed by atoms with van der Waals surface area (Å²) in [6.45, 7) is 0. The summed E-state index contributed by atoms with van der Waals surface area (Å²) >= 11 is 0. The Morgan fingerprint density at radius 2 is 1.73 bits per heavy atom. The third kappa shape index (κ3) is 6.62. The molecule has 3 aromatic rings. The van der Waals surface area contributed by atoms with E-state index in [0.717, 1.165) is 18.3 Å². The van der Waals surface area contributed by atoms with Gasteiger partial charge in [-0.15, -0.1) is 0 Å². The van der Waals surface area contributed by atoms with Crippen molar-refractivity contribution in [1.82, 2.24) is 5.43 Å². The lowest BCUT2D eigenvalue weighted by Crippen LogP contribution is -2.20. The molecule has 0 bridgehead atoms. The fourth-order valence-corrected chi connectivity index (χ4v) is 3.84. The van der Waals surface area contributed by atoms with E-state index in [2.05, 4.69) is 10.5 Å². The van der Waals surface area contributed by atoms with E-state index in [0.29, 0.717) is 17.7 Å². The number of hydrazone groups is 1. The molecule has 1 amide bonds. The standard InChI is InChI=1S/C22H16F4N2O4S/c23-18-6-4-5-15(11-18)12-21(29)28-27-14-16-13-17(22(24,25)26)9-10-20(16)33(30,31)32-19-7-2-1-3-8-19/h1-11,13-14H,12H2,(H,28,29)/b27-14+. The summed E-state index contributed by atoms with van der Waals surface area (Å²) in [5, 5.41) is 3.56. The molecule has 3 rings (SSSR count). The first-order valence-electron chi connectivity index (χ1n) is 9.32. The van der Waals surface area contributed by atoms with E-state index >= 15 is 0 Å². The summed E-state index contributed by atoms with van der Waals surface area (Å²) in [6, 6.07) is 14.6. The Kier molecular flexibility index (Phi) is 7.12. The molecule has 0 spiro atoms. The molecule has 11 heteroatoms. The quantitative estimate of drug-likeness (QED) is 0.237. The zero-order valence-electron chi connectivity index (χ0n) is 16.7. The minimum atomic E-state index is -4.74. The van der Waals surface area contributed by atoms with Crippen LogP contribution < -0.4 is 9.61 Å². The van der Waals surface area contributed by atoms with Crippen molar-refractivity contribution in [3.8, 4) is 5.75 Å². The van der Waals surface area contributed by atoms with Crippen LogP contribution >= 0.6 is 0 Å². The topological polar surface area (TPSA) is 84.8 Å². The number of carbonyl (C=O) groups is 1. The van der Waals surface area contributed by atoms with Crippen molar-refractivity contribution in [2.24, 2.45) is 5.10 Å².